The topological polar surface area (TPSA) is 115 Å². The maximum atomic E-state index is 15.1. The van der Waals surface area contributed by atoms with Crippen molar-refractivity contribution in [2.75, 3.05) is 7.11 Å². The van der Waals surface area contributed by atoms with E-state index in [1.807, 2.05) is 43.3 Å². The molecule has 1 N–H and O–H groups in total. The lowest BCUT2D eigenvalue weighted by molar-refractivity contribution is -0.141. The number of carbonyl (C=O) groups excluding carboxylic acids is 1. The molecule has 0 aliphatic carbocycles. The van der Waals surface area contributed by atoms with Gasteiger partial charge >= 0.3 is 5.97 Å². The average molecular weight is 552 g/mol. The number of rotatable bonds is 10. The zero-order valence-electron chi connectivity index (χ0n) is 22.4. The summed E-state index contributed by atoms with van der Waals surface area (Å²) in [5, 5.41) is 13.7. The minimum Gasteiger partial charge on any atom is -0.497 e. The van der Waals surface area contributed by atoms with Gasteiger partial charge in [-0.2, -0.15) is 4.98 Å². The minimum atomic E-state index is -1.15. The zero-order chi connectivity index (χ0) is 28.9. The summed E-state index contributed by atoms with van der Waals surface area (Å²) in [6.07, 6.45) is 2.74. The molecule has 41 heavy (non-hydrogen) atoms. The number of carboxylic acids is 1. The van der Waals surface area contributed by atoms with Crippen molar-refractivity contribution in [1.29, 1.82) is 0 Å². The van der Waals surface area contributed by atoms with Crippen LogP contribution in [0.4, 0.5) is 4.39 Å². The number of aryl methyl sites for hydroxylation is 1. The van der Waals surface area contributed by atoms with Crippen molar-refractivity contribution in [2.24, 2.45) is 5.92 Å². The van der Waals surface area contributed by atoms with E-state index in [9.17, 15) is 14.7 Å². The normalized spacial score (nSPS) is 11.7. The highest BCUT2D eigenvalue weighted by Crippen LogP contribution is 2.27. The van der Waals surface area contributed by atoms with E-state index in [1.54, 1.807) is 37.6 Å². The molecule has 0 amide bonds. The predicted molar refractivity (Wildman–Crippen MR) is 150 cm³/mol. The third-order valence-electron chi connectivity index (χ3n) is 6.75. The Hall–Kier alpha value is -5.18. The number of hydrogen-bond donors (Lipinski definition) is 1. The van der Waals surface area contributed by atoms with Crippen LogP contribution in [-0.2, 0) is 11.2 Å². The van der Waals surface area contributed by atoms with Gasteiger partial charge in [0.05, 0.1) is 18.6 Å². The number of ether oxygens (including phenoxy) is 1. The number of benzene rings is 3. The first-order chi connectivity index (χ1) is 19.8. The Morgan fingerprint density at radius 1 is 0.951 bits per heavy atom. The van der Waals surface area contributed by atoms with Crippen LogP contribution in [0.2, 0.25) is 0 Å². The fourth-order valence-corrected chi connectivity index (χ4v) is 4.42. The summed E-state index contributed by atoms with van der Waals surface area (Å²) in [7, 11) is 1.58. The first-order valence-electron chi connectivity index (χ1n) is 12.9. The van der Waals surface area contributed by atoms with Gasteiger partial charge in [0.2, 0.25) is 5.82 Å². The third-order valence-corrected chi connectivity index (χ3v) is 6.75. The van der Waals surface area contributed by atoms with E-state index in [4.69, 9.17) is 9.26 Å². The number of nitrogens with zero attached hydrogens (tertiary/aromatic N) is 3. The summed E-state index contributed by atoms with van der Waals surface area (Å²) >= 11 is 0. The highest BCUT2D eigenvalue weighted by molar-refractivity contribution is 5.98. The van der Waals surface area contributed by atoms with Gasteiger partial charge < -0.3 is 14.4 Å². The lowest BCUT2D eigenvalue weighted by Gasteiger charge is -2.13. The summed E-state index contributed by atoms with van der Waals surface area (Å²) in [6.45, 7) is 1.96. The number of methoxy groups -OCH3 is 1. The number of ketones is 1. The van der Waals surface area contributed by atoms with Crippen molar-refractivity contribution in [3.05, 3.63) is 108 Å². The number of Topliss-reactive ketones (excluding diaryl/α,β-unsaturated/α-hetero) is 1. The Bertz CT molecular complexity index is 1700. The number of carbonyl (C=O) groups is 2. The van der Waals surface area contributed by atoms with E-state index in [0.29, 0.717) is 22.4 Å². The van der Waals surface area contributed by atoms with Gasteiger partial charge in [-0.25, -0.2) is 4.39 Å². The summed E-state index contributed by atoms with van der Waals surface area (Å²) in [5.74, 6) is -2.15. The molecule has 1 atom stereocenters. The Labute approximate surface area is 235 Å². The Morgan fingerprint density at radius 3 is 2.37 bits per heavy atom. The van der Waals surface area contributed by atoms with Crippen molar-refractivity contribution >= 4 is 11.8 Å². The van der Waals surface area contributed by atoms with Crippen LogP contribution in [0, 0.1) is 18.7 Å². The molecule has 2 aromatic heterocycles. The molecule has 3 aromatic carbocycles. The second kappa shape index (κ2) is 11.9. The third kappa shape index (κ3) is 6.36. The van der Waals surface area contributed by atoms with E-state index < -0.39 is 17.7 Å². The quantitative estimate of drug-likeness (QED) is 0.197. The molecule has 5 aromatic rings. The molecular formula is C32H26FN3O5. The minimum absolute atomic E-state index is 0.0370. The second-order valence-corrected chi connectivity index (χ2v) is 9.66. The molecule has 0 aliphatic rings. The smallest absolute Gasteiger partial charge is 0.307 e. The lowest BCUT2D eigenvalue weighted by Crippen LogP contribution is -2.20. The average Bonchev–Trinajstić information content (AvgIpc) is 3.47. The zero-order valence-corrected chi connectivity index (χ0v) is 22.4. The van der Waals surface area contributed by atoms with Gasteiger partial charge in [0.25, 0.3) is 5.89 Å². The largest absolute Gasteiger partial charge is 0.497 e. The molecule has 0 saturated carbocycles. The van der Waals surface area contributed by atoms with Gasteiger partial charge in [0.1, 0.15) is 11.6 Å². The van der Waals surface area contributed by atoms with E-state index >= 15 is 4.39 Å². The molecule has 0 radical (unpaired) electrons. The SMILES string of the molecule is COc1ccc(-c2cncc(C(=O)CC(Cc3ccc(-c4noc(-c5ccc(C)cc5)n4)c(F)c3)C(=O)O)c2)cc1. The maximum Gasteiger partial charge on any atom is 0.307 e. The van der Waals surface area contributed by atoms with Gasteiger partial charge in [-0.05, 0) is 66.9 Å². The van der Waals surface area contributed by atoms with E-state index in [2.05, 4.69) is 15.1 Å². The number of carboxylic acid groups (broad SMARTS) is 1. The highest BCUT2D eigenvalue weighted by atomic mass is 19.1. The molecule has 206 valence electrons. The fraction of sp³-hybridized carbons (Fsp3) is 0.156. The Balaban J connectivity index is 1.29. The number of halogens is 1. The lowest BCUT2D eigenvalue weighted by atomic mass is 9.91. The number of aromatic nitrogens is 3. The molecule has 0 fully saturated rings. The molecular weight excluding hydrogens is 525 g/mol. The monoisotopic (exact) mass is 551 g/mol. The summed E-state index contributed by atoms with van der Waals surface area (Å²) in [6, 6.07) is 20.8. The van der Waals surface area contributed by atoms with Crippen LogP contribution in [0.15, 0.2) is 89.7 Å². The van der Waals surface area contributed by atoms with Gasteiger partial charge in [-0.3, -0.25) is 14.6 Å². The maximum absolute atomic E-state index is 15.1. The second-order valence-electron chi connectivity index (χ2n) is 9.66. The van der Waals surface area contributed by atoms with Crippen molar-refractivity contribution in [3.63, 3.8) is 0 Å². The van der Waals surface area contributed by atoms with Crippen molar-refractivity contribution in [2.45, 2.75) is 19.8 Å². The summed E-state index contributed by atoms with van der Waals surface area (Å²) in [5.41, 5.74) is 4.20. The molecule has 2 heterocycles. The number of hydrogen-bond acceptors (Lipinski definition) is 7. The van der Waals surface area contributed by atoms with Crippen LogP contribution >= 0.6 is 0 Å². The molecule has 0 spiro atoms. The van der Waals surface area contributed by atoms with Gasteiger partial charge in [-0.15, -0.1) is 0 Å². The van der Waals surface area contributed by atoms with Gasteiger partial charge in [-0.1, -0.05) is 41.1 Å². The summed E-state index contributed by atoms with van der Waals surface area (Å²) in [4.78, 5) is 33.6. The van der Waals surface area contributed by atoms with Crippen molar-refractivity contribution in [1.82, 2.24) is 15.1 Å². The standard InChI is InChI=1S/C32H26FN3O5/c1-19-3-6-22(7-4-19)31-35-30(36-41-31)27-12-5-20(14-28(27)33)13-23(32(38)39)16-29(37)25-15-24(17-34-18-25)21-8-10-26(40-2)11-9-21/h3-12,14-15,17-18,23H,13,16H2,1-2H3,(H,38,39). The van der Waals surface area contributed by atoms with E-state index in [1.165, 1.54) is 18.3 Å². The highest BCUT2D eigenvalue weighted by Gasteiger charge is 2.24. The molecule has 9 heteroatoms. The van der Waals surface area contributed by atoms with Crippen LogP contribution in [0.5, 0.6) is 5.75 Å². The Kier molecular flexibility index (Phi) is 7.96. The van der Waals surface area contributed by atoms with Gasteiger partial charge in [0, 0.05) is 35.5 Å². The molecule has 1 unspecified atom stereocenters. The van der Waals surface area contributed by atoms with Crippen LogP contribution in [-0.4, -0.2) is 39.1 Å². The molecule has 0 bridgehead atoms. The Morgan fingerprint density at radius 2 is 1.68 bits per heavy atom. The van der Waals surface area contributed by atoms with Crippen LogP contribution in [0.25, 0.3) is 34.0 Å². The van der Waals surface area contributed by atoms with Crippen LogP contribution in [0.1, 0.15) is 27.9 Å². The van der Waals surface area contributed by atoms with E-state index in [0.717, 1.165) is 16.7 Å². The number of aliphatic carboxylic acids is 1. The molecule has 0 saturated heterocycles. The van der Waals surface area contributed by atoms with E-state index in [-0.39, 0.29) is 35.9 Å². The molecule has 8 nitrogen and oxygen atoms in total. The predicted octanol–water partition coefficient (Wildman–Crippen LogP) is 6.44. The van der Waals surface area contributed by atoms with Gasteiger partial charge in [0.15, 0.2) is 5.78 Å². The number of pyridine rings is 1. The first kappa shape index (κ1) is 27.4. The summed E-state index contributed by atoms with van der Waals surface area (Å²) < 4.78 is 25.6. The van der Waals surface area contributed by atoms with Crippen LogP contribution < -0.4 is 4.74 Å². The van der Waals surface area contributed by atoms with Crippen molar-refractivity contribution < 1.29 is 28.3 Å². The fourth-order valence-electron chi connectivity index (χ4n) is 4.42. The molecule has 0 aliphatic heterocycles. The first-order valence-corrected chi connectivity index (χ1v) is 12.9. The van der Waals surface area contributed by atoms with Crippen LogP contribution in [0.3, 0.4) is 0 Å². The van der Waals surface area contributed by atoms with Crippen molar-refractivity contribution in [3.8, 4) is 39.7 Å². The molecule has 5 rings (SSSR count).